The lowest BCUT2D eigenvalue weighted by Gasteiger charge is -2.02. The average molecular weight is 192 g/mol. The van der Waals surface area contributed by atoms with Gasteiger partial charge in [-0.25, -0.2) is 0 Å². The quantitative estimate of drug-likeness (QED) is 0.582. The molecule has 0 aliphatic carbocycles. The summed E-state index contributed by atoms with van der Waals surface area (Å²) in [5.41, 5.74) is 4.18. The minimum Gasteiger partial charge on any atom is -0.480 e. The highest BCUT2D eigenvalue weighted by Crippen LogP contribution is 2.03. The SMILES string of the molecule is [3H]C([3H])([3H])c1o[nH]c(=O)c1CC(N)C(=O)O. The molecule has 1 atom stereocenters. The highest BCUT2D eigenvalue weighted by Gasteiger charge is 2.17. The summed E-state index contributed by atoms with van der Waals surface area (Å²) in [6, 6.07) is -1.35. The van der Waals surface area contributed by atoms with Gasteiger partial charge in [-0.05, 0) is 6.85 Å². The number of carbonyl (C=O) groups is 1. The number of rotatable bonds is 3. The van der Waals surface area contributed by atoms with Crippen molar-refractivity contribution in [1.29, 1.82) is 0 Å². The molecule has 1 aromatic rings. The lowest BCUT2D eigenvalue weighted by molar-refractivity contribution is -0.138. The van der Waals surface area contributed by atoms with E-state index in [4.69, 9.17) is 15.0 Å². The van der Waals surface area contributed by atoms with Crippen LogP contribution in [0.1, 0.15) is 15.4 Å². The van der Waals surface area contributed by atoms with Crippen LogP contribution in [0.3, 0.4) is 0 Å². The molecule has 0 bridgehead atoms. The first kappa shape index (κ1) is 5.98. The van der Waals surface area contributed by atoms with E-state index < -0.39 is 36.6 Å². The monoisotopic (exact) mass is 192 g/mol. The van der Waals surface area contributed by atoms with Crippen LogP contribution in [0.4, 0.5) is 0 Å². The zero-order valence-electron chi connectivity index (χ0n) is 9.53. The molecule has 0 radical (unpaired) electrons. The van der Waals surface area contributed by atoms with Crippen molar-refractivity contribution in [2.24, 2.45) is 5.73 Å². The number of aromatic nitrogens is 1. The zero-order valence-corrected chi connectivity index (χ0v) is 6.53. The molecule has 4 N–H and O–H groups in total. The number of H-pyrrole nitrogens is 1. The van der Waals surface area contributed by atoms with Gasteiger partial charge in [-0.1, -0.05) is 0 Å². The van der Waals surface area contributed by atoms with E-state index in [-0.39, 0.29) is 5.56 Å². The Morgan fingerprint density at radius 2 is 2.62 bits per heavy atom. The van der Waals surface area contributed by atoms with E-state index in [9.17, 15) is 9.59 Å². The van der Waals surface area contributed by atoms with Gasteiger partial charge in [0.05, 0.1) is 5.56 Å². The fourth-order valence-corrected chi connectivity index (χ4v) is 0.816. The first-order valence-corrected chi connectivity index (χ1v) is 3.42. The predicted molar refractivity (Wildman–Crippen MR) is 43.4 cm³/mol. The molecule has 0 fully saturated rings. The minimum atomic E-state index is -2.62. The van der Waals surface area contributed by atoms with Crippen molar-refractivity contribution in [3.05, 3.63) is 21.7 Å². The molecule has 6 nitrogen and oxygen atoms in total. The Balaban J connectivity index is 3.09. The summed E-state index contributed by atoms with van der Waals surface area (Å²) in [7, 11) is 0. The van der Waals surface area contributed by atoms with Crippen LogP contribution in [0.2, 0.25) is 0 Å². The second-order valence-electron chi connectivity index (χ2n) is 2.49. The van der Waals surface area contributed by atoms with Gasteiger partial charge in [0.15, 0.2) is 0 Å². The molecule has 13 heavy (non-hydrogen) atoms. The first-order chi connectivity index (χ1) is 7.23. The highest BCUT2D eigenvalue weighted by atomic mass is 16.5. The van der Waals surface area contributed by atoms with E-state index in [1.807, 2.05) is 5.16 Å². The molecule has 0 aromatic carbocycles. The van der Waals surface area contributed by atoms with Crippen molar-refractivity contribution >= 4 is 5.97 Å². The van der Waals surface area contributed by atoms with Crippen molar-refractivity contribution in [1.82, 2.24) is 5.16 Å². The van der Waals surface area contributed by atoms with Crippen LogP contribution in [0.15, 0.2) is 9.32 Å². The topological polar surface area (TPSA) is 109 Å². The molecular weight excluding hydrogens is 176 g/mol. The summed E-state index contributed by atoms with van der Waals surface area (Å²) < 4.78 is 25.7. The van der Waals surface area contributed by atoms with E-state index in [0.717, 1.165) is 0 Å². The van der Waals surface area contributed by atoms with E-state index in [0.29, 0.717) is 0 Å². The average Bonchev–Trinajstić information content (AvgIpc) is 2.47. The summed E-state index contributed by atoms with van der Waals surface area (Å²) in [6.07, 6.45) is -0.394. The third-order valence-electron chi connectivity index (χ3n) is 1.54. The van der Waals surface area contributed by atoms with E-state index >= 15 is 0 Å². The van der Waals surface area contributed by atoms with Crippen LogP contribution in [0, 0.1) is 6.85 Å². The maximum atomic E-state index is 11.2. The number of aryl methyl sites for hydroxylation is 1. The minimum absolute atomic E-state index is 0.255. The Labute approximate surface area is 77.5 Å². The van der Waals surface area contributed by atoms with Gasteiger partial charge >= 0.3 is 5.97 Å². The fraction of sp³-hybridized carbons (Fsp3) is 0.429. The Morgan fingerprint density at radius 1 is 1.92 bits per heavy atom. The Hall–Kier alpha value is -1.56. The lowest BCUT2D eigenvalue weighted by atomic mass is 10.1. The molecule has 0 saturated heterocycles. The lowest BCUT2D eigenvalue weighted by Crippen LogP contribution is -2.33. The second kappa shape index (κ2) is 3.44. The number of aromatic amines is 1. The normalized spacial score (nSPS) is 17.2. The van der Waals surface area contributed by atoms with Gasteiger partial charge in [0, 0.05) is 10.5 Å². The zero-order chi connectivity index (χ0) is 12.5. The maximum Gasteiger partial charge on any atom is 0.320 e. The van der Waals surface area contributed by atoms with Gasteiger partial charge < -0.3 is 15.4 Å². The van der Waals surface area contributed by atoms with Crippen LogP contribution in [0.5, 0.6) is 0 Å². The molecule has 0 spiro atoms. The number of aliphatic carboxylic acids is 1. The van der Waals surface area contributed by atoms with Crippen LogP contribution in [0.25, 0.3) is 0 Å². The Morgan fingerprint density at radius 3 is 3.15 bits per heavy atom. The maximum absolute atomic E-state index is 11.2. The number of carboxylic acid groups (broad SMARTS) is 1. The molecule has 1 aromatic heterocycles. The number of nitrogens with one attached hydrogen (secondary N) is 1. The van der Waals surface area contributed by atoms with Crippen LogP contribution < -0.4 is 11.3 Å². The molecule has 0 aliphatic heterocycles. The van der Waals surface area contributed by atoms with Crippen molar-refractivity contribution in [3.63, 3.8) is 0 Å². The standard InChI is InChI=1S/C7H10N2O4/c1-3-4(6(10)9-13-3)2-5(8)7(11)12/h5H,2,8H2,1H3,(H,9,10)(H,11,12)/i1T3. The summed E-state index contributed by atoms with van der Waals surface area (Å²) >= 11 is 0. The van der Waals surface area contributed by atoms with Crippen molar-refractivity contribution in [3.8, 4) is 0 Å². The van der Waals surface area contributed by atoms with Gasteiger partial charge in [-0.15, -0.1) is 0 Å². The highest BCUT2D eigenvalue weighted by molar-refractivity contribution is 5.73. The van der Waals surface area contributed by atoms with Gasteiger partial charge in [-0.2, -0.15) is 5.16 Å². The van der Waals surface area contributed by atoms with Gasteiger partial charge in [0.25, 0.3) is 5.56 Å². The molecule has 72 valence electrons. The van der Waals surface area contributed by atoms with Crippen molar-refractivity contribution in [2.75, 3.05) is 0 Å². The Kier molecular flexibility index (Phi) is 1.58. The van der Waals surface area contributed by atoms with Crippen molar-refractivity contribution in [2.45, 2.75) is 19.3 Å². The van der Waals surface area contributed by atoms with Crippen molar-refractivity contribution < 1.29 is 18.5 Å². The summed E-state index contributed by atoms with van der Waals surface area (Å²) in [4.78, 5) is 21.7. The predicted octanol–water partition coefficient (Wildman–Crippen LogP) is -0.769. The number of carboxylic acids is 1. The second-order valence-corrected chi connectivity index (χ2v) is 2.49. The van der Waals surface area contributed by atoms with Gasteiger partial charge in [0.1, 0.15) is 11.8 Å². The molecular formula is C7H10N2O4. The third-order valence-corrected chi connectivity index (χ3v) is 1.54. The van der Waals surface area contributed by atoms with Crippen LogP contribution >= 0.6 is 0 Å². The molecule has 1 heterocycles. The molecule has 6 heteroatoms. The summed E-state index contributed by atoms with van der Waals surface area (Å²) in [5.74, 6) is -1.87. The number of hydrogen-bond acceptors (Lipinski definition) is 4. The molecule has 1 unspecified atom stereocenters. The number of hydrogen-bond donors (Lipinski definition) is 3. The van der Waals surface area contributed by atoms with E-state index in [1.54, 1.807) is 0 Å². The van der Waals surface area contributed by atoms with E-state index in [2.05, 4.69) is 4.52 Å². The number of nitrogens with two attached hydrogens (primary N) is 1. The van der Waals surface area contributed by atoms with Crippen LogP contribution in [-0.4, -0.2) is 22.3 Å². The first-order valence-electron chi connectivity index (χ1n) is 4.92. The fourth-order valence-electron chi connectivity index (χ4n) is 0.816. The third kappa shape index (κ3) is 1.97. The summed E-state index contributed by atoms with van der Waals surface area (Å²) in [5, 5.41) is 10.4. The molecule has 0 amide bonds. The smallest absolute Gasteiger partial charge is 0.320 e. The largest absolute Gasteiger partial charge is 0.480 e. The summed E-state index contributed by atoms with van der Waals surface area (Å²) in [6.45, 7) is -2.62. The van der Waals surface area contributed by atoms with Gasteiger partial charge in [-0.3, -0.25) is 9.59 Å². The molecule has 0 saturated carbocycles. The molecule has 0 aliphatic rings. The Bertz CT molecular complexity index is 447. The van der Waals surface area contributed by atoms with Crippen LogP contribution in [-0.2, 0) is 11.2 Å². The molecule has 1 rings (SSSR count). The van der Waals surface area contributed by atoms with Gasteiger partial charge in [0.2, 0.25) is 0 Å². The van der Waals surface area contributed by atoms with E-state index in [1.165, 1.54) is 0 Å².